The molecule has 1 aliphatic heterocycles. The summed E-state index contributed by atoms with van der Waals surface area (Å²) in [5.74, 6) is 0.904. The Balaban J connectivity index is 2.56. The molecule has 4 unspecified atom stereocenters. The summed E-state index contributed by atoms with van der Waals surface area (Å²) in [5.41, 5.74) is 2.56. The predicted molar refractivity (Wildman–Crippen MR) is 77.4 cm³/mol. The van der Waals surface area contributed by atoms with Gasteiger partial charge in [0.1, 0.15) is 0 Å². The zero-order chi connectivity index (χ0) is 13.4. The molecule has 1 N–H and O–H groups in total. The van der Waals surface area contributed by atoms with Gasteiger partial charge < -0.3 is 5.32 Å². The predicted octanol–water partition coefficient (Wildman–Crippen LogP) is 3.22. The molecule has 0 amide bonds. The van der Waals surface area contributed by atoms with Crippen LogP contribution in [0, 0.1) is 5.92 Å². The van der Waals surface area contributed by atoms with Crippen molar-refractivity contribution in [3.63, 3.8) is 0 Å². The van der Waals surface area contributed by atoms with Crippen LogP contribution in [0.15, 0.2) is 23.1 Å². The molecule has 4 atom stereocenters. The second kappa shape index (κ2) is 5.14. The lowest BCUT2D eigenvalue weighted by molar-refractivity contribution is 0.388. The highest BCUT2D eigenvalue weighted by Crippen LogP contribution is 2.38. The molecule has 0 aromatic heterocycles. The molecule has 2 nitrogen and oxygen atoms in total. The molecule has 0 fully saturated rings. The second-order valence-electron chi connectivity index (χ2n) is 5.58. The van der Waals surface area contributed by atoms with E-state index in [0.717, 1.165) is 4.90 Å². The van der Waals surface area contributed by atoms with E-state index in [2.05, 4.69) is 51.2 Å². The van der Waals surface area contributed by atoms with Crippen molar-refractivity contribution in [2.24, 2.45) is 5.92 Å². The Bertz CT molecular complexity index is 470. The van der Waals surface area contributed by atoms with E-state index in [0.29, 0.717) is 17.9 Å². The van der Waals surface area contributed by atoms with Gasteiger partial charge in [-0.15, -0.1) is 0 Å². The molecule has 2 rings (SSSR count). The summed E-state index contributed by atoms with van der Waals surface area (Å²) in [6, 6.07) is 6.73. The molecule has 0 radical (unpaired) electrons. The maximum Gasteiger partial charge on any atom is 0.0564 e. The number of fused-ring (bicyclic) bond motifs is 1. The van der Waals surface area contributed by atoms with Gasteiger partial charge >= 0.3 is 0 Å². The zero-order valence-electron chi connectivity index (χ0n) is 11.9. The zero-order valence-corrected chi connectivity index (χ0v) is 12.7. The molecule has 0 saturated carbocycles. The third-order valence-electron chi connectivity index (χ3n) is 4.17. The molecule has 3 heteroatoms. The molecular weight excluding hydrogens is 242 g/mol. The minimum Gasteiger partial charge on any atom is -0.313 e. The first-order valence-electron chi connectivity index (χ1n) is 6.69. The topological polar surface area (TPSA) is 29.1 Å². The van der Waals surface area contributed by atoms with E-state index in [4.69, 9.17) is 0 Å². The van der Waals surface area contributed by atoms with E-state index >= 15 is 0 Å². The Labute approximate surface area is 113 Å². The smallest absolute Gasteiger partial charge is 0.0564 e. The highest BCUT2D eigenvalue weighted by atomic mass is 32.2. The Kier molecular flexibility index (Phi) is 3.93. The van der Waals surface area contributed by atoms with Crippen molar-refractivity contribution in [2.75, 3.05) is 7.05 Å². The summed E-state index contributed by atoms with van der Waals surface area (Å²) < 4.78 is 12.5. The Morgan fingerprint density at radius 1 is 1.28 bits per heavy atom. The molecule has 100 valence electrons. The molecule has 1 heterocycles. The van der Waals surface area contributed by atoms with Gasteiger partial charge in [-0.2, -0.15) is 0 Å². The van der Waals surface area contributed by atoms with Gasteiger partial charge in [-0.05, 0) is 36.1 Å². The SMILES string of the molecule is CNC1c2cc(C(C)C)ccc2S(=O)C(C)C1C. The third-order valence-corrected chi connectivity index (χ3v) is 6.08. The maximum absolute atomic E-state index is 12.5. The van der Waals surface area contributed by atoms with Gasteiger partial charge in [0.2, 0.25) is 0 Å². The first-order valence-corrected chi connectivity index (χ1v) is 7.90. The van der Waals surface area contributed by atoms with E-state index in [1.54, 1.807) is 0 Å². The average Bonchev–Trinajstić information content (AvgIpc) is 2.36. The van der Waals surface area contributed by atoms with Gasteiger partial charge in [-0.25, -0.2) is 0 Å². The molecule has 0 spiro atoms. The van der Waals surface area contributed by atoms with E-state index in [9.17, 15) is 4.21 Å². The van der Waals surface area contributed by atoms with Crippen molar-refractivity contribution >= 4 is 10.8 Å². The van der Waals surface area contributed by atoms with Crippen molar-refractivity contribution in [3.8, 4) is 0 Å². The largest absolute Gasteiger partial charge is 0.313 e. The van der Waals surface area contributed by atoms with Crippen molar-refractivity contribution < 1.29 is 4.21 Å². The molecule has 1 aromatic carbocycles. The van der Waals surface area contributed by atoms with Crippen LogP contribution in [0.5, 0.6) is 0 Å². The normalized spacial score (nSPS) is 31.4. The van der Waals surface area contributed by atoms with Crippen LogP contribution in [0.25, 0.3) is 0 Å². The van der Waals surface area contributed by atoms with Gasteiger partial charge in [0.15, 0.2) is 0 Å². The standard InChI is InChI=1S/C15H23NOS/c1-9(2)12-6-7-14-13(8-12)15(16-5)10(3)11(4)18(14)17/h6-11,15-16H,1-5H3. The number of rotatable bonds is 2. The fourth-order valence-electron chi connectivity index (χ4n) is 2.72. The van der Waals surface area contributed by atoms with E-state index in [1.165, 1.54) is 11.1 Å². The van der Waals surface area contributed by atoms with E-state index in [-0.39, 0.29) is 5.25 Å². The summed E-state index contributed by atoms with van der Waals surface area (Å²) in [6.45, 7) is 8.67. The lowest BCUT2D eigenvalue weighted by Gasteiger charge is -2.35. The summed E-state index contributed by atoms with van der Waals surface area (Å²) in [7, 11) is 1.12. The van der Waals surface area contributed by atoms with Crippen LogP contribution in [0.2, 0.25) is 0 Å². The maximum atomic E-state index is 12.5. The van der Waals surface area contributed by atoms with Gasteiger partial charge in [0.25, 0.3) is 0 Å². The van der Waals surface area contributed by atoms with Crippen molar-refractivity contribution in [1.82, 2.24) is 5.32 Å². The van der Waals surface area contributed by atoms with Crippen molar-refractivity contribution in [3.05, 3.63) is 29.3 Å². The highest BCUT2D eigenvalue weighted by molar-refractivity contribution is 7.85. The summed E-state index contributed by atoms with van der Waals surface area (Å²) >= 11 is 0. The first kappa shape index (κ1) is 13.8. The minimum absolute atomic E-state index is 0.208. The number of benzene rings is 1. The Hall–Kier alpha value is -0.670. The lowest BCUT2D eigenvalue weighted by atomic mass is 9.89. The van der Waals surface area contributed by atoms with Crippen LogP contribution >= 0.6 is 0 Å². The van der Waals surface area contributed by atoms with Crippen LogP contribution in [-0.4, -0.2) is 16.5 Å². The van der Waals surface area contributed by atoms with Crippen molar-refractivity contribution in [1.29, 1.82) is 0 Å². The van der Waals surface area contributed by atoms with Gasteiger partial charge in [-0.3, -0.25) is 4.21 Å². The molecule has 18 heavy (non-hydrogen) atoms. The molecule has 1 aromatic rings. The highest BCUT2D eigenvalue weighted by Gasteiger charge is 2.35. The minimum atomic E-state index is -0.874. The van der Waals surface area contributed by atoms with Crippen LogP contribution in [0.4, 0.5) is 0 Å². The monoisotopic (exact) mass is 265 g/mol. The van der Waals surface area contributed by atoms with Gasteiger partial charge in [0, 0.05) is 16.2 Å². The van der Waals surface area contributed by atoms with E-state index in [1.807, 2.05) is 7.05 Å². The molecule has 0 bridgehead atoms. The first-order chi connectivity index (χ1) is 8.47. The van der Waals surface area contributed by atoms with Crippen LogP contribution in [0.1, 0.15) is 50.8 Å². The van der Waals surface area contributed by atoms with Crippen LogP contribution < -0.4 is 5.32 Å². The molecule has 1 aliphatic rings. The average molecular weight is 265 g/mol. The van der Waals surface area contributed by atoms with Crippen LogP contribution in [0.3, 0.4) is 0 Å². The summed E-state index contributed by atoms with van der Waals surface area (Å²) in [5, 5.41) is 3.60. The Morgan fingerprint density at radius 3 is 2.50 bits per heavy atom. The fraction of sp³-hybridized carbons (Fsp3) is 0.600. The van der Waals surface area contributed by atoms with E-state index < -0.39 is 10.8 Å². The molecule has 0 saturated heterocycles. The Morgan fingerprint density at radius 2 is 1.94 bits per heavy atom. The summed E-state index contributed by atoms with van der Waals surface area (Å²) in [4.78, 5) is 1.02. The number of hydrogen-bond donors (Lipinski definition) is 1. The molecule has 0 aliphatic carbocycles. The molecular formula is C15H23NOS. The third kappa shape index (κ3) is 2.14. The van der Waals surface area contributed by atoms with Gasteiger partial charge in [-0.1, -0.05) is 39.8 Å². The summed E-state index contributed by atoms with van der Waals surface area (Å²) in [6.07, 6.45) is 0. The second-order valence-corrected chi connectivity index (χ2v) is 7.36. The van der Waals surface area contributed by atoms with Gasteiger partial charge in [0.05, 0.1) is 10.8 Å². The lowest BCUT2D eigenvalue weighted by Crippen LogP contribution is -2.37. The quantitative estimate of drug-likeness (QED) is 0.889. The fourth-order valence-corrected chi connectivity index (χ4v) is 4.29. The van der Waals surface area contributed by atoms with Crippen molar-refractivity contribution in [2.45, 2.75) is 49.8 Å². The van der Waals surface area contributed by atoms with Crippen LogP contribution in [-0.2, 0) is 10.8 Å². The number of nitrogens with one attached hydrogen (secondary N) is 1. The number of hydrogen-bond acceptors (Lipinski definition) is 2.